The topological polar surface area (TPSA) is 26.3 Å². The fourth-order valence-corrected chi connectivity index (χ4v) is 1.31. The summed E-state index contributed by atoms with van der Waals surface area (Å²) >= 11 is 4.27. The molecule has 10 heavy (non-hydrogen) atoms. The molecule has 2 nitrogen and oxygen atoms in total. The van der Waals surface area contributed by atoms with Gasteiger partial charge in [-0.3, -0.25) is 4.79 Å². The molecule has 0 N–H and O–H groups in total. The van der Waals surface area contributed by atoms with Gasteiger partial charge in [-0.05, 0) is 19.3 Å². The van der Waals surface area contributed by atoms with Crippen LogP contribution in [-0.2, 0) is 9.53 Å². The first-order valence-corrected chi connectivity index (χ1v) is 4.03. The Bertz CT molecular complexity index is 147. The maximum Gasteiger partial charge on any atom is 0.321 e. The van der Waals surface area contributed by atoms with E-state index in [-0.39, 0.29) is 5.97 Å². The Morgan fingerprint density at radius 3 is 2.90 bits per heavy atom. The van der Waals surface area contributed by atoms with Crippen LogP contribution in [0.3, 0.4) is 0 Å². The molecule has 1 rings (SSSR count). The van der Waals surface area contributed by atoms with Gasteiger partial charge < -0.3 is 4.74 Å². The molecule has 0 aromatic carbocycles. The van der Waals surface area contributed by atoms with Crippen molar-refractivity contribution < 1.29 is 9.53 Å². The molecule has 1 heterocycles. The minimum absolute atomic E-state index is 0.149. The highest BCUT2D eigenvalue weighted by atomic mass is 32.1. The van der Waals surface area contributed by atoms with Crippen molar-refractivity contribution in [3.05, 3.63) is 0 Å². The van der Waals surface area contributed by atoms with E-state index in [4.69, 9.17) is 4.74 Å². The fourth-order valence-electron chi connectivity index (χ4n) is 1.09. The normalized spacial score (nSPS) is 33.6. The summed E-state index contributed by atoms with van der Waals surface area (Å²) in [4.78, 5) is 11.0. The minimum atomic E-state index is -0.488. The molecule has 58 valence electrons. The Morgan fingerprint density at radius 1 is 1.80 bits per heavy atom. The van der Waals surface area contributed by atoms with Gasteiger partial charge in [0.05, 0.1) is 6.61 Å². The molecule has 0 aromatic rings. The highest BCUT2D eigenvalue weighted by Gasteiger charge is 2.36. The molecular formula is C7H12O2S. The van der Waals surface area contributed by atoms with Crippen LogP contribution < -0.4 is 0 Å². The molecule has 1 aliphatic rings. The number of thiol groups is 1. The van der Waals surface area contributed by atoms with Gasteiger partial charge in [0, 0.05) is 0 Å². The zero-order valence-corrected chi connectivity index (χ0v) is 6.99. The van der Waals surface area contributed by atoms with Gasteiger partial charge in [-0.15, -0.1) is 0 Å². The van der Waals surface area contributed by atoms with E-state index in [0.717, 1.165) is 19.3 Å². The van der Waals surface area contributed by atoms with Crippen LogP contribution in [0.5, 0.6) is 0 Å². The first-order valence-electron chi connectivity index (χ1n) is 3.58. The van der Waals surface area contributed by atoms with Crippen molar-refractivity contribution >= 4 is 18.6 Å². The number of hydrogen-bond acceptors (Lipinski definition) is 3. The van der Waals surface area contributed by atoms with Crippen molar-refractivity contribution in [1.82, 2.24) is 0 Å². The van der Waals surface area contributed by atoms with Crippen LogP contribution in [0.2, 0.25) is 0 Å². The van der Waals surface area contributed by atoms with Crippen LogP contribution in [0.1, 0.15) is 26.2 Å². The van der Waals surface area contributed by atoms with Gasteiger partial charge in [-0.1, -0.05) is 6.92 Å². The number of cyclic esters (lactones) is 1. The van der Waals surface area contributed by atoms with Gasteiger partial charge in [0.25, 0.3) is 0 Å². The fraction of sp³-hybridized carbons (Fsp3) is 0.857. The molecule has 1 unspecified atom stereocenters. The molecule has 3 heteroatoms. The number of ether oxygens (including phenoxy) is 1. The Hall–Kier alpha value is -0.180. The van der Waals surface area contributed by atoms with Crippen molar-refractivity contribution in [2.24, 2.45) is 0 Å². The minimum Gasteiger partial charge on any atom is -0.465 e. The quantitative estimate of drug-likeness (QED) is 0.463. The zero-order valence-electron chi connectivity index (χ0n) is 6.09. The van der Waals surface area contributed by atoms with Gasteiger partial charge in [0.1, 0.15) is 4.75 Å². The van der Waals surface area contributed by atoms with E-state index < -0.39 is 4.75 Å². The average Bonchev–Trinajstić information content (AvgIpc) is 1.96. The first-order chi connectivity index (χ1) is 4.69. The summed E-state index contributed by atoms with van der Waals surface area (Å²) in [6.07, 6.45) is 2.56. The van der Waals surface area contributed by atoms with Crippen LogP contribution in [-0.4, -0.2) is 17.3 Å². The van der Waals surface area contributed by atoms with E-state index in [1.54, 1.807) is 0 Å². The van der Waals surface area contributed by atoms with Crippen LogP contribution >= 0.6 is 12.6 Å². The van der Waals surface area contributed by atoms with Gasteiger partial charge in [0.2, 0.25) is 0 Å². The summed E-state index contributed by atoms with van der Waals surface area (Å²) in [6.45, 7) is 2.53. The predicted molar refractivity (Wildman–Crippen MR) is 42.2 cm³/mol. The number of hydrogen-bond donors (Lipinski definition) is 1. The van der Waals surface area contributed by atoms with Crippen LogP contribution in [0.15, 0.2) is 0 Å². The molecule has 1 fully saturated rings. The standard InChI is InChI=1S/C7H12O2S/c1-2-7(10)4-3-5-9-6(7)8/h10H,2-5H2,1H3. The second-order valence-electron chi connectivity index (χ2n) is 2.62. The zero-order chi connectivity index (χ0) is 7.61. The SMILES string of the molecule is CCC1(S)CCCOC1=O. The van der Waals surface area contributed by atoms with E-state index in [1.807, 2.05) is 6.92 Å². The summed E-state index contributed by atoms with van der Waals surface area (Å²) in [6, 6.07) is 0. The first kappa shape index (κ1) is 7.92. The molecule has 0 saturated carbocycles. The third kappa shape index (κ3) is 1.29. The Morgan fingerprint density at radius 2 is 2.50 bits per heavy atom. The van der Waals surface area contributed by atoms with Crippen LogP contribution in [0.4, 0.5) is 0 Å². The lowest BCUT2D eigenvalue weighted by molar-refractivity contribution is -0.150. The summed E-state index contributed by atoms with van der Waals surface area (Å²) in [5.41, 5.74) is 0. The largest absolute Gasteiger partial charge is 0.465 e. The summed E-state index contributed by atoms with van der Waals surface area (Å²) in [7, 11) is 0. The van der Waals surface area contributed by atoms with E-state index in [1.165, 1.54) is 0 Å². The molecule has 1 aliphatic heterocycles. The molecule has 1 saturated heterocycles. The molecule has 1 atom stereocenters. The molecule has 0 aromatic heterocycles. The van der Waals surface area contributed by atoms with Crippen LogP contribution in [0.25, 0.3) is 0 Å². The highest BCUT2D eigenvalue weighted by Crippen LogP contribution is 2.29. The maximum atomic E-state index is 11.0. The van der Waals surface area contributed by atoms with E-state index in [2.05, 4.69) is 12.6 Å². The van der Waals surface area contributed by atoms with Crippen LogP contribution in [0, 0.1) is 0 Å². The maximum absolute atomic E-state index is 11.0. The van der Waals surface area contributed by atoms with E-state index in [0.29, 0.717) is 6.61 Å². The van der Waals surface area contributed by atoms with E-state index in [9.17, 15) is 4.79 Å². The molecule has 0 radical (unpaired) electrons. The number of carbonyl (C=O) groups is 1. The number of rotatable bonds is 1. The smallest absolute Gasteiger partial charge is 0.321 e. The Balaban J connectivity index is 2.63. The van der Waals surface area contributed by atoms with Crippen molar-refractivity contribution in [1.29, 1.82) is 0 Å². The summed E-state index contributed by atoms with van der Waals surface area (Å²) in [5, 5.41) is 0. The van der Waals surface area contributed by atoms with Gasteiger partial charge >= 0.3 is 5.97 Å². The van der Waals surface area contributed by atoms with Gasteiger partial charge in [-0.25, -0.2) is 0 Å². The van der Waals surface area contributed by atoms with Crippen molar-refractivity contribution in [3.63, 3.8) is 0 Å². The molecular weight excluding hydrogens is 148 g/mol. The lowest BCUT2D eigenvalue weighted by atomic mass is 9.97. The third-order valence-electron chi connectivity index (χ3n) is 1.93. The number of carbonyl (C=O) groups excluding carboxylic acids is 1. The molecule has 0 amide bonds. The van der Waals surface area contributed by atoms with Crippen molar-refractivity contribution in [2.45, 2.75) is 30.9 Å². The van der Waals surface area contributed by atoms with Gasteiger partial charge in [0.15, 0.2) is 0 Å². The summed E-state index contributed by atoms with van der Waals surface area (Å²) < 4.78 is 4.38. The number of esters is 1. The monoisotopic (exact) mass is 160 g/mol. The van der Waals surface area contributed by atoms with Crippen molar-refractivity contribution in [3.8, 4) is 0 Å². The second kappa shape index (κ2) is 2.82. The molecule has 0 bridgehead atoms. The Labute approximate surface area is 66.4 Å². The Kier molecular flexibility index (Phi) is 2.24. The van der Waals surface area contributed by atoms with Crippen molar-refractivity contribution in [2.75, 3.05) is 6.61 Å². The highest BCUT2D eigenvalue weighted by molar-refractivity contribution is 7.82. The third-order valence-corrected chi connectivity index (χ3v) is 2.66. The summed E-state index contributed by atoms with van der Waals surface area (Å²) in [5.74, 6) is -0.149. The predicted octanol–water partition coefficient (Wildman–Crippen LogP) is 1.40. The average molecular weight is 160 g/mol. The second-order valence-corrected chi connectivity index (χ2v) is 3.48. The molecule has 0 spiro atoms. The molecule has 0 aliphatic carbocycles. The van der Waals surface area contributed by atoms with E-state index >= 15 is 0 Å². The van der Waals surface area contributed by atoms with Gasteiger partial charge in [-0.2, -0.15) is 12.6 Å². The lowest BCUT2D eigenvalue weighted by Gasteiger charge is -2.28. The lowest BCUT2D eigenvalue weighted by Crippen LogP contribution is -2.38.